The third-order valence-corrected chi connectivity index (χ3v) is 5.33. The summed E-state index contributed by atoms with van der Waals surface area (Å²) in [7, 11) is 1.75. The molecule has 1 fully saturated rings. The first-order valence-electron chi connectivity index (χ1n) is 9.06. The van der Waals surface area contributed by atoms with Crippen molar-refractivity contribution in [3.05, 3.63) is 47.4 Å². The molecule has 0 unspecified atom stereocenters. The zero-order valence-electron chi connectivity index (χ0n) is 15.2. The quantitative estimate of drug-likeness (QED) is 0.704. The Morgan fingerprint density at radius 2 is 2.15 bits per heavy atom. The number of benzene rings is 1. The number of allylic oxidation sites excluding steroid dienone is 1. The molecule has 1 aliphatic rings. The number of pyridine rings is 1. The molecular formula is C21H24N4O. The lowest BCUT2D eigenvalue weighted by molar-refractivity contribution is 0.0845. The van der Waals surface area contributed by atoms with Gasteiger partial charge in [-0.05, 0) is 42.3 Å². The highest BCUT2D eigenvalue weighted by molar-refractivity contribution is 6.13. The van der Waals surface area contributed by atoms with Crippen LogP contribution in [-0.2, 0) is 4.74 Å². The third kappa shape index (κ3) is 2.78. The molecule has 134 valence electrons. The molecule has 3 aromatic rings. The number of H-pyrrole nitrogens is 1. The summed E-state index contributed by atoms with van der Waals surface area (Å²) in [6, 6.07) is 6.36. The van der Waals surface area contributed by atoms with Crippen LogP contribution >= 0.6 is 0 Å². The number of fused-ring (bicyclic) bond motifs is 3. The van der Waals surface area contributed by atoms with Gasteiger partial charge < -0.3 is 15.5 Å². The number of hydrogen-bond acceptors (Lipinski definition) is 4. The molecule has 2 aromatic heterocycles. The van der Waals surface area contributed by atoms with Crippen molar-refractivity contribution in [1.82, 2.24) is 9.97 Å². The summed E-state index contributed by atoms with van der Waals surface area (Å²) >= 11 is 0. The zero-order valence-corrected chi connectivity index (χ0v) is 15.2. The van der Waals surface area contributed by atoms with Crippen LogP contribution in [0, 0.1) is 6.92 Å². The number of aromatic amines is 1. The van der Waals surface area contributed by atoms with Gasteiger partial charge in [0.05, 0.1) is 0 Å². The van der Waals surface area contributed by atoms with E-state index in [9.17, 15) is 0 Å². The number of aromatic nitrogens is 2. The van der Waals surface area contributed by atoms with Crippen LogP contribution < -0.4 is 5.73 Å². The molecule has 0 spiro atoms. The highest BCUT2D eigenvalue weighted by Gasteiger charge is 2.22. The van der Waals surface area contributed by atoms with Gasteiger partial charge in [-0.25, -0.2) is 4.98 Å². The summed E-state index contributed by atoms with van der Waals surface area (Å²) in [5.74, 6) is 0.517. The summed E-state index contributed by atoms with van der Waals surface area (Å²) < 4.78 is 5.52. The lowest BCUT2D eigenvalue weighted by atomic mass is 9.93. The molecule has 1 aliphatic heterocycles. The molecule has 1 aromatic carbocycles. The Morgan fingerprint density at radius 3 is 2.88 bits per heavy atom. The van der Waals surface area contributed by atoms with Crippen LogP contribution in [0.25, 0.3) is 27.4 Å². The topological polar surface area (TPSA) is 76.3 Å². The molecule has 5 nitrogen and oxygen atoms in total. The first-order valence-corrected chi connectivity index (χ1v) is 9.06. The SMILES string of the molecule is CN=C/C(=C\N)c1ccc2cnc3[nH]c(C4CCOCC4)c(C)c3c2c1. The summed E-state index contributed by atoms with van der Waals surface area (Å²) in [6.07, 6.45) is 7.44. The molecule has 0 radical (unpaired) electrons. The second kappa shape index (κ2) is 6.92. The van der Waals surface area contributed by atoms with Gasteiger partial charge in [0.15, 0.2) is 0 Å². The van der Waals surface area contributed by atoms with Gasteiger partial charge in [-0.15, -0.1) is 0 Å². The normalized spacial score (nSPS) is 16.9. The fourth-order valence-corrected chi connectivity index (χ4v) is 3.97. The lowest BCUT2D eigenvalue weighted by Crippen LogP contribution is -2.15. The molecular weight excluding hydrogens is 324 g/mol. The molecule has 3 N–H and O–H groups in total. The second-order valence-electron chi connectivity index (χ2n) is 6.84. The summed E-state index contributed by atoms with van der Waals surface area (Å²) in [6.45, 7) is 3.86. The fraction of sp³-hybridized carbons (Fsp3) is 0.333. The number of hydrogen-bond donors (Lipinski definition) is 2. The number of rotatable bonds is 3. The number of aliphatic imine (C=N–C) groups is 1. The van der Waals surface area contributed by atoms with E-state index in [0.29, 0.717) is 5.92 Å². The number of ether oxygens (including phenoxy) is 1. The Labute approximate surface area is 153 Å². The van der Waals surface area contributed by atoms with E-state index < -0.39 is 0 Å². The highest BCUT2D eigenvalue weighted by Crippen LogP contribution is 2.36. The van der Waals surface area contributed by atoms with E-state index in [4.69, 9.17) is 10.5 Å². The van der Waals surface area contributed by atoms with E-state index in [-0.39, 0.29) is 0 Å². The average molecular weight is 348 g/mol. The van der Waals surface area contributed by atoms with Crippen LogP contribution in [0.3, 0.4) is 0 Å². The Hall–Kier alpha value is -2.66. The van der Waals surface area contributed by atoms with E-state index >= 15 is 0 Å². The molecule has 0 amide bonds. The van der Waals surface area contributed by atoms with Gasteiger partial charge in [-0.3, -0.25) is 4.99 Å². The molecule has 1 saturated heterocycles. The van der Waals surface area contributed by atoms with Crippen molar-refractivity contribution in [3.63, 3.8) is 0 Å². The van der Waals surface area contributed by atoms with Crippen molar-refractivity contribution in [1.29, 1.82) is 0 Å². The number of nitrogens with one attached hydrogen (secondary N) is 1. The molecule has 3 heterocycles. The van der Waals surface area contributed by atoms with Crippen molar-refractivity contribution in [2.75, 3.05) is 20.3 Å². The molecule has 4 rings (SSSR count). The predicted molar refractivity (Wildman–Crippen MR) is 108 cm³/mol. The van der Waals surface area contributed by atoms with Crippen LogP contribution in [0.2, 0.25) is 0 Å². The molecule has 0 aliphatic carbocycles. The first kappa shape index (κ1) is 16.8. The van der Waals surface area contributed by atoms with Gasteiger partial charge in [0, 0.05) is 66.8 Å². The molecule has 0 saturated carbocycles. The monoisotopic (exact) mass is 348 g/mol. The predicted octanol–water partition coefficient (Wildman–Crippen LogP) is 3.92. The minimum absolute atomic E-state index is 0.517. The van der Waals surface area contributed by atoms with Crippen LogP contribution in [-0.4, -0.2) is 36.4 Å². The molecule has 0 bridgehead atoms. The number of nitrogens with zero attached hydrogens (tertiary/aromatic N) is 2. The Kier molecular flexibility index (Phi) is 4.47. The molecule has 0 atom stereocenters. The maximum Gasteiger partial charge on any atom is 0.138 e. The molecule has 26 heavy (non-hydrogen) atoms. The Morgan fingerprint density at radius 1 is 1.35 bits per heavy atom. The van der Waals surface area contributed by atoms with Gasteiger partial charge in [0.25, 0.3) is 0 Å². The number of nitrogens with two attached hydrogens (primary N) is 1. The van der Waals surface area contributed by atoms with Crippen molar-refractivity contribution in [2.24, 2.45) is 10.7 Å². The van der Waals surface area contributed by atoms with Crippen LogP contribution in [0.4, 0.5) is 0 Å². The Bertz CT molecular complexity index is 1010. The van der Waals surface area contributed by atoms with Gasteiger partial charge >= 0.3 is 0 Å². The maximum atomic E-state index is 5.80. The van der Waals surface area contributed by atoms with Crippen molar-refractivity contribution in [2.45, 2.75) is 25.7 Å². The van der Waals surface area contributed by atoms with Gasteiger partial charge in [-0.2, -0.15) is 0 Å². The zero-order chi connectivity index (χ0) is 18.1. The minimum Gasteiger partial charge on any atom is -0.404 e. The van der Waals surface area contributed by atoms with Gasteiger partial charge in [-0.1, -0.05) is 12.1 Å². The minimum atomic E-state index is 0.517. The molecule has 5 heteroatoms. The van der Waals surface area contributed by atoms with E-state index in [1.807, 2.05) is 6.20 Å². The summed E-state index contributed by atoms with van der Waals surface area (Å²) in [5.41, 5.74) is 11.3. The highest BCUT2D eigenvalue weighted by atomic mass is 16.5. The van der Waals surface area contributed by atoms with Gasteiger partial charge in [0.1, 0.15) is 5.65 Å². The second-order valence-corrected chi connectivity index (χ2v) is 6.84. The van der Waals surface area contributed by atoms with Crippen LogP contribution in [0.1, 0.15) is 35.6 Å². The van der Waals surface area contributed by atoms with Crippen molar-refractivity contribution < 1.29 is 4.74 Å². The van der Waals surface area contributed by atoms with Crippen LogP contribution in [0.15, 0.2) is 35.6 Å². The largest absolute Gasteiger partial charge is 0.404 e. The summed E-state index contributed by atoms with van der Waals surface area (Å²) in [5, 5.41) is 3.53. The van der Waals surface area contributed by atoms with Crippen molar-refractivity contribution >= 4 is 33.6 Å². The van der Waals surface area contributed by atoms with E-state index in [1.54, 1.807) is 19.5 Å². The number of aryl methyl sites for hydroxylation is 1. The lowest BCUT2D eigenvalue weighted by Gasteiger charge is -2.21. The van der Waals surface area contributed by atoms with E-state index in [2.05, 4.69) is 40.1 Å². The van der Waals surface area contributed by atoms with E-state index in [0.717, 1.165) is 48.2 Å². The smallest absolute Gasteiger partial charge is 0.138 e. The fourth-order valence-electron chi connectivity index (χ4n) is 3.97. The van der Waals surface area contributed by atoms with Gasteiger partial charge in [0.2, 0.25) is 0 Å². The maximum absolute atomic E-state index is 5.80. The standard InChI is InChI=1S/C21H24N4O/c1-13-19-18-9-15(17(10-22)11-23-2)3-4-16(18)12-24-21(19)25-20(13)14-5-7-26-8-6-14/h3-4,9-12,14H,5-8,22H2,1-2H3,(H,24,25)/b17-10+,23-11?. The average Bonchev–Trinajstić information content (AvgIpc) is 3.03. The van der Waals surface area contributed by atoms with E-state index in [1.165, 1.54) is 22.0 Å². The van der Waals surface area contributed by atoms with Crippen LogP contribution in [0.5, 0.6) is 0 Å². The first-order chi connectivity index (χ1) is 12.7. The summed E-state index contributed by atoms with van der Waals surface area (Å²) in [4.78, 5) is 12.4. The Balaban J connectivity index is 1.91. The third-order valence-electron chi connectivity index (χ3n) is 5.33. The van der Waals surface area contributed by atoms with Crippen molar-refractivity contribution in [3.8, 4) is 0 Å².